The molecule has 0 fully saturated rings. The molecule has 0 unspecified atom stereocenters. The van der Waals surface area contributed by atoms with Gasteiger partial charge < -0.3 is 4.90 Å². The Labute approximate surface area is 154 Å². The average molecular weight is 342 g/mol. The highest BCUT2D eigenvalue weighted by Crippen LogP contribution is 2.36. The van der Waals surface area contributed by atoms with Gasteiger partial charge in [0.15, 0.2) is 0 Å². The first-order valence-electron chi connectivity index (χ1n) is 8.89. The van der Waals surface area contributed by atoms with Crippen LogP contribution in [0, 0.1) is 0 Å². The van der Waals surface area contributed by atoms with Crippen molar-refractivity contribution in [2.24, 2.45) is 5.11 Å². The van der Waals surface area contributed by atoms with Crippen LogP contribution in [-0.2, 0) is 6.42 Å². The molecule has 0 amide bonds. The van der Waals surface area contributed by atoms with Crippen LogP contribution in [0.4, 0.5) is 17.1 Å². The Hall–Kier alpha value is -3.23. The monoisotopic (exact) mass is 342 g/mol. The van der Waals surface area contributed by atoms with Crippen LogP contribution in [0.3, 0.4) is 0 Å². The van der Waals surface area contributed by atoms with Crippen molar-refractivity contribution < 1.29 is 0 Å². The van der Waals surface area contributed by atoms with E-state index in [1.807, 2.05) is 12.1 Å². The molecule has 0 aliphatic rings. The molecule has 0 bridgehead atoms. The predicted octanol–water partition coefficient (Wildman–Crippen LogP) is 6.79. The minimum atomic E-state index is 0.555. The number of aryl methyl sites for hydroxylation is 1. The molecule has 0 aliphatic heterocycles. The summed E-state index contributed by atoms with van der Waals surface area (Å²) in [6.45, 7) is 0.555. The van der Waals surface area contributed by atoms with Crippen molar-refractivity contribution in [1.29, 1.82) is 0 Å². The van der Waals surface area contributed by atoms with E-state index in [1.165, 1.54) is 11.3 Å². The Kier molecular flexibility index (Phi) is 6.29. The van der Waals surface area contributed by atoms with Gasteiger partial charge in [0, 0.05) is 28.5 Å². The quantitative estimate of drug-likeness (QED) is 0.192. The van der Waals surface area contributed by atoms with Crippen molar-refractivity contribution in [3.63, 3.8) is 0 Å². The van der Waals surface area contributed by atoms with Gasteiger partial charge in [-0.1, -0.05) is 59.7 Å². The minimum absolute atomic E-state index is 0.555. The number of unbranched alkanes of at least 4 members (excludes halogenated alkanes) is 1. The summed E-state index contributed by atoms with van der Waals surface area (Å²) in [5.74, 6) is 0. The first kappa shape index (κ1) is 17.6. The molecule has 0 spiro atoms. The van der Waals surface area contributed by atoms with Crippen molar-refractivity contribution in [2.75, 3.05) is 11.4 Å². The summed E-state index contributed by atoms with van der Waals surface area (Å²) in [6.07, 6.45) is 2.84. The second-order valence-corrected chi connectivity index (χ2v) is 6.05. The van der Waals surface area contributed by atoms with Crippen molar-refractivity contribution in [1.82, 2.24) is 0 Å². The van der Waals surface area contributed by atoms with E-state index in [0.717, 1.165) is 30.6 Å². The summed E-state index contributed by atoms with van der Waals surface area (Å²) < 4.78 is 0. The van der Waals surface area contributed by atoms with Crippen molar-refractivity contribution in [3.8, 4) is 0 Å². The van der Waals surface area contributed by atoms with E-state index in [1.54, 1.807) is 0 Å². The molecule has 3 aromatic carbocycles. The van der Waals surface area contributed by atoms with Crippen LogP contribution < -0.4 is 4.90 Å². The molecule has 3 rings (SSSR count). The van der Waals surface area contributed by atoms with Crippen molar-refractivity contribution in [3.05, 3.63) is 101 Å². The molecule has 0 N–H and O–H groups in total. The molecule has 0 saturated heterocycles. The highest BCUT2D eigenvalue weighted by atomic mass is 15.1. The summed E-state index contributed by atoms with van der Waals surface area (Å²) in [5, 5.41) is 3.63. The Morgan fingerprint density at radius 3 is 1.92 bits per heavy atom. The molecule has 0 saturated carbocycles. The molecule has 0 atom stereocenters. The number of hydrogen-bond acceptors (Lipinski definition) is 2. The number of rotatable bonds is 8. The fourth-order valence-corrected chi connectivity index (χ4v) is 3.06. The van der Waals surface area contributed by atoms with E-state index in [9.17, 15) is 0 Å². The van der Waals surface area contributed by atoms with Crippen LogP contribution in [-0.4, -0.2) is 6.54 Å². The summed E-state index contributed by atoms with van der Waals surface area (Å²) in [4.78, 5) is 5.12. The zero-order valence-electron chi connectivity index (χ0n) is 14.7. The van der Waals surface area contributed by atoms with Gasteiger partial charge >= 0.3 is 0 Å². The number of nitrogens with zero attached hydrogens (tertiary/aromatic N) is 4. The van der Waals surface area contributed by atoms with Gasteiger partial charge in [-0.15, -0.1) is 0 Å². The third kappa shape index (κ3) is 4.44. The summed E-state index contributed by atoms with van der Waals surface area (Å²) in [7, 11) is 0. The zero-order chi connectivity index (χ0) is 18.0. The van der Waals surface area contributed by atoms with Gasteiger partial charge in [-0.2, -0.15) is 0 Å². The van der Waals surface area contributed by atoms with E-state index in [2.05, 4.69) is 87.7 Å². The summed E-state index contributed by atoms with van der Waals surface area (Å²) in [5.41, 5.74) is 13.2. The normalized spacial score (nSPS) is 10.2. The second-order valence-electron chi connectivity index (χ2n) is 6.05. The van der Waals surface area contributed by atoms with Crippen molar-refractivity contribution in [2.45, 2.75) is 19.3 Å². The molecule has 0 aliphatic carbocycles. The smallest absolute Gasteiger partial charge is 0.0493 e. The summed E-state index contributed by atoms with van der Waals surface area (Å²) in [6, 6.07) is 29.4. The van der Waals surface area contributed by atoms with Gasteiger partial charge in [0.2, 0.25) is 0 Å². The van der Waals surface area contributed by atoms with E-state index < -0.39 is 0 Å². The molecule has 130 valence electrons. The third-order valence-electron chi connectivity index (χ3n) is 4.28. The van der Waals surface area contributed by atoms with Crippen molar-refractivity contribution >= 4 is 17.1 Å². The topological polar surface area (TPSA) is 52.0 Å². The first-order chi connectivity index (χ1) is 12.9. The van der Waals surface area contributed by atoms with Gasteiger partial charge in [0.1, 0.15) is 0 Å². The number of anilines is 3. The van der Waals surface area contributed by atoms with E-state index in [0.29, 0.717) is 6.54 Å². The molecule has 26 heavy (non-hydrogen) atoms. The van der Waals surface area contributed by atoms with Crippen LogP contribution in [0.1, 0.15) is 18.4 Å². The summed E-state index contributed by atoms with van der Waals surface area (Å²) >= 11 is 0. The maximum absolute atomic E-state index is 8.40. The molecular weight excluding hydrogens is 320 g/mol. The zero-order valence-corrected chi connectivity index (χ0v) is 14.7. The van der Waals surface area contributed by atoms with E-state index in [4.69, 9.17) is 5.53 Å². The van der Waals surface area contributed by atoms with Crippen LogP contribution in [0.2, 0.25) is 0 Å². The van der Waals surface area contributed by atoms with Gasteiger partial charge in [-0.25, -0.2) is 0 Å². The Bertz CT molecular complexity index is 816. The molecule has 4 nitrogen and oxygen atoms in total. The van der Waals surface area contributed by atoms with Gasteiger partial charge in [-0.3, -0.25) is 0 Å². The third-order valence-corrected chi connectivity index (χ3v) is 4.28. The Morgan fingerprint density at radius 2 is 1.31 bits per heavy atom. The van der Waals surface area contributed by atoms with Crippen LogP contribution in [0.15, 0.2) is 90.0 Å². The van der Waals surface area contributed by atoms with Crippen LogP contribution >= 0.6 is 0 Å². The Balaban J connectivity index is 1.93. The van der Waals surface area contributed by atoms with E-state index in [-0.39, 0.29) is 0 Å². The molecule has 3 aromatic rings. The molecule has 0 radical (unpaired) electrons. The lowest BCUT2D eigenvalue weighted by atomic mass is 10.0. The lowest BCUT2D eigenvalue weighted by molar-refractivity contribution is 0.742. The molecule has 0 heterocycles. The number of hydrogen-bond donors (Lipinski definition) is 0. The highest BCUT2D eigenvalue weighted by molar-refractivity contribution is 5.78. The van der Waals surface area contributed by atoms with Crippen LogP contribution in [0.25, 0.3) is 10.4 Å². The SMILES string of the molecule is [N-]=[N+]=NCCCCc1ccccc1N(c1ccccc1)c1ccccc1. The first-order valence-corrected chi connectivity index (χ1v) is 8.89. The predicted molar refractivity (Wildman–Crippen MR) is 108 cm³/mol. The highest BCUT2D eigenvalue weighted by Gasteiger charge is 2.14. The average Bonchev–Trinajstić information content (AvgIpc) is 2.71. The largest absolute Gasteiger partial charge is 0.310 e. The lowest BCUT2D eigenvalue weighted by Crippen LogP contribution is -2.12. The molecule has 0 aromatic heterocycles. The number of azide groups is 1. The van der Waals surface area contributed by atoms with Gasteiger partial charge in [0.25, 0.3) is 0 Å². The number of benzene rings is 3. The lowest BCUT2D eigenvalue weighted by Gasteiger charge is -2.27. The van der Waals surface area contributed by atoms with E-state index >= 15 is 0 Å². The van der Waals surface area contributed by atoms with Crippen LogP contribution in [0.5, 0.6) is 0 Å². The standard InChI is InChI=1S/C22H22N4/c23-25-24-18-10-9-12-19-11-7-8-17-22(19)26(20-13-3-1-4-14-20)21-15-5-2-6-16-21/h1-8,11,13-17H,9-10,12,18H2. The molecular formula is C22H22N4. The molecule has 4 heteroatoms. The fraction of sp³-hybridized carbons (Fsp3) is 0.182. The maximum Gasteiger partial charge on any atom is 0.0493 e. The number of para-hydroxylation sites is 3. The maximum atomic E-state index is 8.40. The second kappa shape index (κ2) is 9.30. The Morgan fingerprint density at radius 1 is 0.731 bits per heavy atom. The minimum Gasteiger partial charge on any atom is -0.310 e. The van der Waals surface area contributed by atoms with Gasteiger partial charge in [0.05, 0.1) is 0 Å². The van der Waals surface area contributed by atoms with Gasteiger partial charge in [-0.05, 0) is 60.7 Å². The fourth-order valence-electron chi connectivity index (χ4n) is 3.06.